The van der Waals surface area contributed by atoms with Crippen LogP contribution >= 0.6 is 0 Å². The molecule has 8 heteroatoms. The lowest BCUT2D eigenvalue weighted by Gasteiger charge is -2.41. The summed E-state index contributed by atoms with van der Waals surface area (Å²) in [6.07, 6.45) is 5.28. The number of aliphatic hydroxyl groups is 1. The van der Waals surface area contributed by atoms with E-state index in [1.54, 1.807) is 0 Å². The predicted octanol–water partition coefficient (Wildman–Crippen LogP) is 0.0843. The molecule has 2 heterocycles. The van der Waals surface area contributed by atoms with Crippen molar-refractivity contribution in [1.82, 2.24) is 15.0 Å². The van der Waals surface area contributed by atoms with Crippen LogP contribution in [0, 0.1) is 0 Å². The molecule has 0 spiro atoms. The van der Waals surface area contributed by atoms with Crippen molar-refractivity contribution in [3.63, 3.8) is 0 Å². The number of nitrogens with one attached hydrogen (secondary N) is 2. The van der Waals surface area contributed by atoms with Gasteiger partial charge in [0.05, 0.1) is 12.1 Å². The molecule has 1 saturated heterocycles. The van der Waals surface area contributed by atoms with E-state index in [1.165, 1.54) is 0 Å². The molecule has 0 atom stereocenters. The molecule has 1 aromatic rings. The number of hydrogen-bond donors (Lipinski definition) is 4. The fourth-order valence-corrected chi connectivity index (χ4v) is 2.71. The highest BCUT2D eigenvalue weighted by molar-refractivity contribution is 5.45. The standard InChI is InChI=1S/C12H21N7O/c13-18-10-14-9(17-12(8-20)4-3-5-12)15-11(16-10)19-6-1-2-7-19/h20H,1-8,13H2,(H2,14,15,16,17,18). The number of nitrogens with two attached hydrogens (primary N) is 1. The average Bonchev–Trinajstić information content (AvgIpc) is 2.96. The second-order valence-electron chi connectivity index (χ2n) is 5.54. The molecule has 0 amide bonds. The summed E-state index contributed by atoms with van der Waals surface area (Å²) in [7, 11) is 0. The smallest absolute Gasteiger partial charge is 0.243 e. The zero-order chi connectivity index (χ0) is 14.0. The Labute approximate surface area is 117 Å². The summed E-state index contributed by atoms with van der Waals surface area (Å²) in [6, 6.07) is 0. The number of nitrogens with zero attached hydrogens (tertiary/aromatic N) is 4. The quantitative estimate of drug-likeness (QED) is 0.443. The maximum atomic E-state index is 9.52. The van der Waals surface area contributed by atoms with Gasteiger partial charge in [-0.05, 0) is 32.1 Å². The molecule has 0 radical (unpaired) electrons. The monoisotopic (exact) mass is 279 g/mol. The van der Waals surface area contributed by atoms with Crippen molar-refractivity contribution in [2.24, 2.45) is 5.84 Å². The molecule has 110 valence electrons. The Morgan fingerprint density at radius 1 is 1.10 bits per heavy atom. The number of anilines is 3. The van der Waals surface area contributed by atoms with Crippen LogP contribution in [0.15, 0.2) is 0 Å². The fourth-order valence-electron chi connectivity index (χ4n) is 2.71. The van der Waals surface area contributed by atoms with E-state index < -0.39 is 0 Å². The van der Waals surface area contributed by atoms with E-state index in [0.717, 1.165) is 45.2 Å². The first-order chi connectivity index (χ1) is 9.74. The van der Waals surface area contributed by atoms with Gasteiger partial charge in [-0.15, -0.1) is 0 Å². The van der Waals surface area contributed by atoms with Crippen molar-refractivity contribution < 1.29 is 5.11 Å². The molecule has 2 aliphatic rings. The third-order valence-corrected chi connectivity index (χ3v) is 4.13. The third kappa shape index (κ3) is 2.48. The van der Waals surface area contributed by atoms with Gasteiger partial charge in [0.15, 0.2) is 0 Å². The SMILES string of the molecule is NNc1nc(NC2(CO)CCC2)nc(N2CCCC2)n1. The topological polar surface area (TPSA) is 112 Å². The normalized spacial score (nSPS) is 20.6. The van der Waals surface area contributed by atoms with E-state index in [9.17, 15) is 5.11 Å². The third-order valence-electron chi connectivity index (χ3n) is 4.13. The molecule has 1 aliphatic carbocycles. The van der Waals surface area contributed by atoms with Gasteiger partial charge in [0.25, 0.3) is 0 Å². The highest BCUT2D eigenvalue weighted by Gasteiger charge is 2.37. The number of rotatable bonds is 5. The summed E-state index contributed by atoms with van der Waals surface area (Å²) in [5.41, 5.74) is 2.20. The first kappa shape index (κ1) is 13.3. The van der Waals surface area contributed by atoms with Gasteiger partial charge in [-0.3, -0.25) is 5.43 Å². The van der Waals surface area contributed by atoms with E-state index in [0.29, 0.717) is 17.8 Å². The largest absolute Gasteiger partial charge is 0.394 e. The summed E-state index contributed by atoms with van der Waals surface area (Å²) in [6.45, 7) is 2.00. The Kier molecular flexibility index (Phi) is 3.58. The molecule has 1 aliphatic heterocycles. The zero-order valence-electron chi connectivity index (χ0n) is 11.5. The van der Waals surface area contributed by atoms with Crippen molar-refractivity contribution in [3.05, 3.63) is 0 Å². The van der Waals surface area contributed by atoms with Crippen molar-refractivity contribution >= 4 is 17.8 Å². The summed E-state index contributed by atoms with van der Waals surface area (Å²) >= 11 is 0. The molecule has 0 aromatic carbocycles. The van der Waals surface area contributed by atoms with Gasteiger partial charge in [-0.2, -0.15) is 15.0 Å². The fraction of sp³-hybridized carbons (Fsp3) is 0.750. The second-order valence-corrected chi connectivity index (χ2v) is 5.54. The molecule has 3 rings (SSSR count). The van der Waals surface area contributed by atoms with Crippen molar-refractivity contribution in [1.29, 1.82) is 0 Å². The molecule has 1 saturated carbocycles. The Balaban J connectivity index is 1.83. The van der Waals surface area contributed by atoms with Crippen molar-refractivity contribution in [3.8, 4) is 0 Å². The maximum Gasteiger partial charge on any atom is 0.243 e. The van der Waals surface area contributed by atoms with Gasteiger partial charge >= 0.3 is 0 Å². The molecule has 8 nitrogen and oxygen atoms in total. The lowest BCUT2D eigenvalue weighted by Crippen LogP contribution is -2.48. The van der Waals surface area contributed by atoms with E-state index in [4.69, 9.17) is 5.84 Å². The number of hydrogen-bond acceptors (Lipinski definition) is 8. The van der Waals surface area contributed by atoms with Gasteiger partial charge in [0, 0.05) is 13.1 Å². The minimum absolute atomic E-state index is 0.0864. The molecule has 0 bridgehead atoms. The van der Waals surface area contributed by atoms with Gasteiger partial charge in [0.1, 0.15) is 0 Å². The van der Waals surface area contributed by atoms with Crippen LogP contribution < -0.4 is 21.5 Å². The lowest BCUT2D eigenvalue weighted by molar-refractivity contribution is 0.143. The highest BCUT2D eigenvalue weighted by Crippen LogP contribution is 2.34. The maximum absolute atomic E-state index is 9.52. The van der Waals surface area contributed by atoms with E-state index in [2.05, 4.69) is 30.6 Å². The first-order valence-corrected chi connectivity index (χ1v) is 7.11. The predicted molar refractivity (Wildman–Crippen MR) is 76.4 cm³/mol. The van der Waals surface area contributed by atoms with Gasteiger partial charge in [0.2, 0.25) is 17.8 Å². The Morgan fingerprint density at radius 3 is 2.35 bits per heavy atom. The Hall–Kier alpha value is -1.67. The average molecular weight is 279 g/mol. The van der Waals surface area contributed by atoms with Gasteiger partial charge in [-0.25, -0.2) is 5.84 Å². The molecule has 1 aromatic heterocycles. The first-order valence-electron chi connectivity index (χ1n) is 7.11. The van der Waals surface area contributed by atoms with Crippen LogP contribution in [0.3, 0.4) is 0 Å². The number of hydrazine groups is 1. The summed E-state index contributed by atoms with van der Waals surface area (Å²) in [4.78, 5) is 15.1. The summed E-state index contributed by atoms with van der Waals surface area (Å²) in [5, 5.41) is 12.8. The van der Waals surface area contributed by atoms with Crippen LogP contribution in [0.1, 0.15) is 32.1 Å². The molecule has 20 heavy (non-hydrogen) atoms. The van der Waals surface area contributed by atoms with Crippen LogP contribution in [0.4, 0.5) is 17.8 Å². The van der Waals surface area contributed by atoms with Crippen LogP contribution in [-0.4, -0.2) is 45.3 Å². The minimum Gasteiger partial charge on any atom is -0.394 e. The van der Waals surface area contributed by atoms with Gasteiger partial charge < -0.3 is 15.3 Å². The highest BCUT2D eigenvalue weighted by atomic mass is 16.3. The van der Waals surface area contributed by atoms with E-state index in [1.807, 2.05) is 0 Å². The number of aliphatic hydroxyl groups excluding tert-OH is 1. The lowest BCUT2D eigenvalue weighted by atomic mass is 9.77. The molecular weight excluding hydrogens is 258 g/mol. The van der Waals surface area contributed by atoms with Crippen molar-refractivity contribution in [2.75, 3.05) is 35.3 Å². The van der Waals surface area contributed by atoms with E-state index in [-0.39, 0.29) is 12.1 Å². The Bertz CT molecular complexity index is 465. The zero-order valence-corrected chi connectivity index (χ0v) is 11.5. The van der Waals surface area contributed by atoms with E-state index >= 15 is 0 Å². The van der Waals surface area contributed by atoms with Crippen molar-refractivity contribution in [2.45, 2.75) is 37.6 Å². The number of aromatic nitrogens is 3. The molecular formula is C12H21N7O. The number of nitrogen functional groups attached to an aromatic ring is 1. The molecule has 5 N–H and O–H groups in total. The second kappa shape index (κ2) is 5.37. The van der Waals surface area contributed by atoms with Crippen LogP contribution in [0.2, 0.25) is 0 Å². The molecule has 2 fully saturated rings. The molecule has 0 unspecified atom stereocenters. The minimum atomic E-state index is -0.282. The van der Waals surface area contributed by atoms with Crippen LogP contribution in [-0.2, 0) is 0 Å². The summed E-state index contributed by atoms with van der Waals surface area (Å²) in [5.74, 6) is 6.89. The van der Waals surface area contributed by atoms with Crippen LogP contribution in [0.5, 0.6) is 0 Å². The van der Waals surface area contributed by atoms with Gasteiger partial charge in [-0.1, -0.05) is 0 Å². The van der Waals surface area contributed by atoms with Crippen LogP contribution in [0.25, 0.3) is 0 Å². The Morgan fingerprint density at radius 2 is 1.80 bits per heavy atom. The summed E-state index contributed by atoms with van der Waals surface area (Å²) < 4.78 is 0.